The number of carbonyl (C=O) groups excluding carboxylic acids is 5. The lowest BCUT2D eigenvalue weighted by atomic mass is 9.83. The molecule has 12 heteroatoms. The Labute approximate surface area is 271 Å². The molecule has 0 bridgehead atoms. The van der Waals surface area contributed by atoms with Crippen LogP contribution in [0.25, 0.3) is 0 Å². The number of hydrogen-bond donors (Lipinski definition) is 1. The molecule has 2 amide bonds. The number of hydrogen-bond acceptors (Lipinski definition) is 11. The molecule has 46 heavy (non-hydrogen) atoms. The maximum atomic E-state index is 14.2. The summed E-state index contributed by atoms with van der Waals surface area (Å²) in [4.78, 5) is 67.8. The third-order valence-electron chi connectivity index (χ3n) is 7.93. The van der Waals surface area contributed by atoms with E-state index in [0.717, 1.165) is 10.5 Å². The van der Waals surface area contributed by atoms with Gasteiger partial charge in [0.25, 0.3) is 0 Å². The van der Waals surface area contributed by atoms with Gasteiger partial charge in [-0.3, -0.25) is 19.2 Å². The predicted molar refractivity (Wildman–Crippen MR) is 165 cm³/mol. The Morgan fingerprint density at radius 3 is 1.85 bits per heavy atom. The van der Waals surface area contributed by atoms with Gasteiger partial charge < -0.3 is 28.8 Å². The predicted octanol–water partition coefficient (Wildman–Crippen LogP) is 4.37. The smallest absolute Gasteiger partial charge is 0.419 e. The molecule has 0 spiro atoms. The van der Waals surface area contributed by atoms with Crippen molar-refractivity contribution in [2.75, 3.05) is 13.2 Å². The van der Waals surface area contributed by atoms with Gasteiger partial charge in [0.05, 0.1) is 28.8 Å². The summed E-state index contributed by atoms with van der Waals surface area (Å²) in [6, 6.07) is 7.73. The molecular formula is C34H49NO11. The Hall–Kier alpha value is -3.51. The van der Waals surface area contributed by atoms with Gasteiger partial charge in [0.15, 0.2) is 12.2 Å². The minimum atomic E-state index is -1.47. The summed E-state index contributed by atoms with van der Waals surface area (Å²) < 4.78 is 29.0. The van der Waals surface area contributed by atoms with Crippen molar-refractivity contribution >= 4 is 29.9 Å². The van der Waals surface area contributed by atoms with Crippen molar-refractivity contribution in [1.29, 1.82) is 0 Å². The molecular weight excluding hydrogens is 598 g/mol. The van der Waals surface area contributed by atoms with Crippen molar-refractivity contribution in [2.45, 2.75) is 112 Å². The van der Waals surface area contributed by atoms with Crippen LogP contribution in [0.5, 0.6) is 0 Å². The largest absolute Gasteiger partial charge is 0.462 e. The van der Waals surface area contributed by atoms with E-state index >= 15 is 0 Å². The van der Waals surface area contributed by atoms with Gasteiger partial charge >= 0.3 is 24.0 Å². The molecule has 1 aromatic rings. The number of ether oxygens (including phenoxy) is 5. The lowest BCUT2D eigenvalue weighted by molar-refractivity contribution is -0.260. The van der Waals surface area contributed by atoms with Crippen molar-refractivity contribution in [1.82, 2.24) is 4.90 Å². The van der Waals surface area contributed by atoms with E-state index in [1.807, 2.05) is 37.3 Å². The average molecular weight is 648 g/mol. The maximum Gasteiger partial charge on any atom is 0.419 e. The number of nitrogens with zero attached hydrogens (tertiary/aromatic N) is 1. The molecule has 2 unspecified atom stereocenters. The number of aliphatic hydroxyl groups excluding tert-OH is 1. The second-order valence-electron chi connectivity index (χ2n) is 14.9. The fourth-order valence-electron chi connectivity index (χ4n) is 5.17. The quantitative estimate of drug-likeness (QED) is 0.300. The van der Waals surface area contributed by atoms with Crippen LogP contribution in [-0.4, -0.2) is 83.8 Å². The summed E-state index contributed by atoms with van der Waals surface area (Å²) in [5, 5.41) is 10.5. The van der Waals surface area contributed by atoms with E-state index in [9.17, 15) is 29.1 Å². The first-order valence-corrected chi connectivity index (χ1v) is 15.7. The zero-order valence-electron chi connectivity index (χ0n) is 28.5. The van der Waals surface area contributed by atoms with Crippen molar-refractivity contribution < 1.29 is 52.8 Å². The monoisotopic (exact) mass is 647 g/mol. The highest BCUT2D eigenvalue weighted by atomic mass is 16.7. The van der Waals surface area contributed by atoms with Gasteiger partial charge in [0.2, 0.25) is 12.2 Å². The highest BCUT2D eigenvalue weighted by Gasteiger charge is 2.62. The van der Waals surface area contributed by atoms with E-state index in [1.54, 1.807) is 62.3 Å². The number of imide groups is 1. The number of rotatable bonds is 9. The molecule has 12 nitrogen and oxygen atoms in total. The van der Waals surface area contributed by atoms with Gasteiger partial charge in [-0.25, -0.2) is 9.69 Å². The Kier molecular flexibility index (Phi) is 11.3. The first kappa shape index (κ1) is 37.0. The molecule has 0 aliphatic carbocycles. The topological polar surface area (TPSA) is 155 Å². The summed E-state index contributed by atoms with van der Waals surface area (Å²) >= 11 is 0. The Morgan fingerprint density at radius 2 is 1.37 bits per heavy atom. The Balaban J connectivity index is 2.11. The second-order valence-corrected chi connectivity index (χ2v) is 14.9. The van der Waals surface area contributed by atoms with Crippen LogP contribution in [0.3, 0.4) is 0 Å². The molecule has 1 N–H and O–H groups in total. The number of fused-ring (bicyclic) bond motifs is 1. The van der Waals surface area contributed by atoms with Crippen LogP contribution in [0, 0.1) is 22.2 Å². The normalized spacial score (nSPS) is 24.7. The van der Waals surface area contributed by atoms with Crippen molar-refractivity contribution in [3.05, 3.63) is 35.9 Å². The third-order valence-corrected chi connectivity index (χ3v) is 7.93. The summed E-state index contributed by atoms with van der Waals surface area (Å²) in [6.45, 7) is 15.6. The van der Waals surface area contributed by atoms with E-state index in [-0.39, 0.29) is 0 Å². The van der Waals surface area contributed by atoms with E-state index in [0.29, 0.717) is 6.42 Å². The van der Waals surface area contributed by atoms with Crippen molar-refractivity contribution in [2.24, 2.45) is 22.2 Å². The van der Waals surface area contributed by atoms with Gasteiger partial charge in [0, 0.05) is 0 Å². The summed E-state index contributed by atoms with van der Waals surface area (Å²) in [5.74, 6) is -4.27. The number of benzene rings is 1. The molecule has 2 aliphatic rings. The van der Waals surface area contributed by atoms with Crippen LogP contribution >= 0.6 is 0 Å². The molecule has 2 aliphatic heterocycles. The van der Waals surface area contributed by atoms with Gasteiger partial charge in [-0.1, -0.05) is 37.3 Å². The zero-order valence-corrected chi connectivity index (χ0v) is 28.5. The lowest BCUT2D eigenvalue weighted by Gasteiger charge is -2.44. The molecule has 2 fully saturated rings. The molecule has 1 aromatic carbocycles. The minimum absolute atomic E-state index is 0.429. The van der Waals surface area contributed by atoms with Gasteiger partial charge in [-0.15, -0.1) is 0 Å². The fraction of sp³-hybridized carbons (Fsp3) is 0.676. The summed E-state index contributed by atoms with van der Waals surface area (Å²) in [7, 11) is 0. The van der Waals surface area contributed by atoms with Crippen LogP contribution < -0.4 is 0 Å². The number of aliphatic hydroxyl groups is 1. The van der Waals surface area contributed by atoms with Crippen molar-refractivity contribution in [3.63, 3.8) is 0 Å². The van der Waals surface area contributed by atoms with Crippen LogP contribution in [0.2, 0.25) is 0 Å². The lowest BCUT2D eigenvalue weighted by Crippen LogP contribution is -2.65. The Morgan fingerprint density at radius 1 is 0.848 bits per heavy atom. The minimum Gasteiger partial charge on any atom is -0.462 e. The van der Waals surface area contributed by atoms with Crippen LogP contribution in [0.4, 0.5) is 4.79 Å². The van der Waals surface area contributed by atoms with E-state index in [2.05, 4.69) is 0 Å². The molecule has 256 valence electrons. The van der Waals surface area contributed by atoms with Crippen molar-refractivity contribution in [3.8, 4) is 0 Å². The summed E-state index contributed by atoms with van der Waals surface area (Å²) in [5.41, 5.74) is -2.13. The number of esters is 3. The van der Waals surface area contributed by atoms with Gasteiger partial charge in [0.1, 0.15) is 18.8 Å². The first-order chi connectivity index (χ1) is 21.2. The SMILES string of the molecule is CCC(c1ccccc1)C(CO)C(=O)N1C(=O)O[C@H]2O[C@H](COC(=O)C(C)(C)C)[C@@H](OC(=O)C(C)(C)C)[C@H](OC(=O)C(C)(C)C)[C@H]21. The zero-order chi connectivity index (χ0) is 34.8. The highest BCUT2D eigenvalue weighted by molar-refractivity contribution is 5.95. The second kappa shape index (κ2) is 14.1. The van der Waals surface area contributed by atoms with Crippen LogP contribution in [0.15, 0.2) is 30.3 Å². The molecule has 0 saturated carbocycles. The molecule has 0 radical (unpaired) electrons. The van der Waals surface area contributed by atoms with E-state index < -0.39 is 102 Å². The van der Waals surface area contributed by atoms with Crippen LogP contribution in [-0.2, 0) is 42.9 Å². The number of carbonyl (C=O) groups is 5. The standard InChI is InChI=1S/C34H49NO11/c1-11-20(19-15-13-12-14-16-19)21(17-36)26(37)35-23-25(45-30(40)34(8,9)10)24(44-29(39)33(5,6)7)22(43-27(23)46-31(35)41)18-42-28(38)32(2,3)4/h12-16,20-25,27,36H,11,17-18H2,1-10H3/t20?,21?,22-,23-,24-,25-,27-/m1/s1. The van der Waals surface area contributed by atoms with E-state index in [4.69, 9.17) is 23.7 Å². The maximum absolute atomic E-state index is 14.2. The fourth-order valence-corrected chi connectivity index (χ4v) is 5.17. The molecule has 0 aromatic heterocycles. The van der Waals surface area contributed by atoms with Gasteiger partial charge in [-0.2, -0.15) is 0 Å². The highest BCUT2D eigenvalue weighted by Crippen LogP contribution is 2.40. The molecule has 7 atom stereocenters. The van der Waals surface area contributed by atoms with Gasteiger partial charge in [-0.05, 0) is 80.2 Å². The third kappa shape index (κ3) is 8.25. The number of amides is 2. The first-order valence-electron chi connectivity index (χ1n) is 15.7. The molecule has 3 rings (SSSR count). The molecule has 2 heterocycles. The molecule has 2 saturated heterocycles. The van der Waals surface area contributed by atoms with E-state index in [1.165, 1.54) is 0 Å². The Bertz CT molecular complexity index is 1270. The van der Waals surface area contributed by atoms with Crippen LogP contribution in [0.1, 0.15) is 87.1 Å². The average Bonchev–Trinajstić information content (AvgIpc) is 3.29. The summed E-state index contributed by atoms with van der Waals surface area (Å²) in [6.07, 6.45) is -6.20.